The molecule has 0 saturated heterocycles. The van der Waals surface area contributed by atoms with Crippen molar-refractivity contribution in [3.63, 3.8) is 0 Å². The minimum Gasteiger partial charge on any atom is -0.310 e. The van der Waals surface area contributed by atoms with Crippen LogP contribution in [0.25, 0.3) is 20.2 Å². The van der Waals surface area contributed by atoms with Gasteiger partial charge in [0.05, 0.1) is 16.8 Å². The Hall–Kier alpha value is -4.44. The van der Waals surface area contributed by atoms with Crippen LogP contribution in [-0.2, 0) is 5.41 Å². The molecule has 0 atom stereocenters. The second kappa shape index (κ2) is 8.54. The summed E-state index contributed by atoms with van der Waals surface area (Å²) in [7, 11) is -2.04. The second-order valence-electron chi connectivity index (χ2n) is 12.1. The normalized spacial score (nSPS) is 15.7. The Morgan fingerprint density at radius 2 is 1.10 bits per heavy atom. The SMILES string of the molecule is C[Si]1(C)c2ccccc2C2(c3ccccc3N(c3ccccc3)c3ccccc32)c2cc3c(cc21)sc1ccccc13. The Bertz CT molecular complexity index is 2140. The molecule has 0 aliphatic carbocycles. The zero-order valence-electron chi connectivity index (χ0n) is 23.6. The maximum atomic E-state index is 2.58. The molecule has 1 nitrogen and oxygen atoms in total. The molecule has 1 spiro atoms. The van der Waals surface area contributed by atoms with Gasteiger partial charge in [0, 0.05) is 25.9 Å². The first-order valence-corrected chi connectivity index (χ1v) is 18.5. The highest BCUT2D eigenvalue weighted by Crippen LogP contribution is 2.58. The lowest BCUT2D eigenvalue weighted by molar-refractivity contribution is 0.736. The van der Waals surface area contributed by atoms with Crippen LogP contribution in [0.5, 0.6) is 0 Å². The molecule has 1 aromatic heterocycles. The van der Waals surface area contributed by atoms with Crippen LogP contribution >= 0.6 is 11.3 Å². The van der Waals surface area contributed by atoms with E-state index in [0.29, 0.717) is 0 Å². The molecule has 6 aromatic carbocycles. The summed E-state index contributed by atoms with van der Waals surface area (Å²) in [6, 6.07) is 52.5. The average Bonchev–Trinajstić information content (AvgIpc) is 3.41. The first kappa shape index (κ1) is 24.2. The summed E-state index contributed by atoms with van der Waals surface area (Å²) in [6.45, 7) is 5.10. The number of benzene rings is 6. The Morgan fingerprint density at radius 3 is 1.83 bits per heavy atom. The van der Waals surface area contributed by atoms with Crippen LogP contribution in [-0.4, -0.2) is 8.07 Å². The molecule has 200 valence electrons. The van der Waals surface area contributed by atoms with Gasteiger partial charge in [-0.05, 0) is 75.1 Å². The highest BCUT2D eigenvalue weighted by Gasteiger charge is 2.53. The highest BCUT2D eigenvalue weighted by molar-refractivity contribution is 7.26. The van der Waals surface area contributed by atoms with Crippen LogP contribution in [0.2, 0.25) is 13.1 Å². The standard InChI is InChI=1S/C39H29NSSi/c1-42(2)37-23-13-9-19-31(37)39(32-24-28-27-16-6-12-22-35(27)41-36(28)25-38(32)42)29-17-7-10-20-33(29)40(26-14-4-3-5-15-26)34-21-11-8-18-30(34)39/h3-25H,1-2H3. The van der Waals surface area contributed by atoms with Gasteiger partial charge in [-0.25, -0.2) is 0 Å². The Morgan fingerprint density at radius 1 is 0.500 bits per heavy atom. The molecule has 42 heavy (non-hydrogen) atoms. The maximum Gasteiger partial charge on any atom is 0.113 e. The molecule has 0 N–H and O–H groups in total. The predicted octanol–water partition coefficient (Wildman–Crippen LogP) is 9.36. The zero-order chi connectivity index (χ0) is 28.1. The smallest absolute Gasteiger partial charge is 0.113 e. The van der Waals surface area contributed by atoms with E-state index in [-0.39, 0.29) is 0 Å². The van der Waals surface area contributed by atoms with Gasteiger partial charge in [0.1, 0.15) is 8.07 Å². The number of rotatable bonds is 1. The van der Waals surface area contributed by atoms with Crippen molar-refractivity contribution < 1.29 is 0 Å². The average molecular weight is 572 g/mol. The van der Waals surface area contributed by atoms with Gasteiger partial charge >= 0.3 is 0 Å². The van der Waals surface area contributed by atoms with Crippen molar-refractivity contribution in [1.82, 2.24) is 0 Å². The number of hydrogen-bond donors (Lipinski definition) is 0. The zero-order valence-corrected chi connectivity index (χ0v) is 25.5. The summed E-state index contributed by atoms with van der Waals surface area (Å²) in [4.78, 5) is 2.47. The molecule has 2 aliphatic rings. The lowest BCUT2D eigenvalue weighted by Crippen LogP contribution is -2.64. The van der Waals surface area contributed by atoms with E-state index in [1.165, 1.54) is 64.7 Å². The molecule has 3 heteroatoms. The number of fused-ring (bicyclic) bond motifs is 11. The van der Waals surface area contributed by atoms with E-state index in [4.69, 9.17) is 0 Å². The molecule has 0 fully saturated rings. The van der Waals surface area contributed by atoms with E-state index < -0.39 is 13.5 Å². The minimum absolute atomic E-state index is 0.426. The van der Waals surface area contributed by atoms with Crippen LogP contribution in [0.4, 0.5) is 17.1 Å². The van der Waals surface area contributed by atoms with E-state index >= 15 is 0 Å². The molecule has 3 heterocycles. The third kappa shape index (κ3) is 2.97. The van der Waals surface area contributed by atoms with Gasteiger partial charge in [-0.15, -0.1) is 11.3 Å². The minimum atomic E-state index is -2.04. The second-order valence-corrected chi connectivity index (χ2v) is 17.5. The summed E-state index contributed by atoms with van der Waals surface area (Å²) in [5.74, 6) is 0. The van der Waals surface area contributed by atoms with E-state index in [2.05, 4.69) is 158 Å². The molecule has 0 bridgehead atoms. The summed E-state index contributed by atoms with van der Waals surface area (Å²) < 4.78 is 2.76. The number of para-hydroxylation sites is 3. The lowest BCUT2D eigenvalue weighted by Gasteiger charge is -2.52. The quantitative estimate of drug-likeness (QED) is 0.177. The highest BCUT2D eigenvalue weighted by atomic mass is 32.1. The van der Waals surface area contributed by atoms with Crippen molar-refractivity contribution in [2.45, 2.75) is 18.5 Å². The van der Waals surface area contributed by atoms with Crippen LogP contribution in [0.1, 0.15) is 22.3 Å². The van der Waals surface area contributed by atoms with Crippen LogP contribution < -0.4 is 15.3 Å². The fraction of sp³-hybridized carbons (Fsp3) is 0.0769. The Kier molecular flexibility index (Phi) is 4.92. The number of nitrogens with zero attached hydrogens (tertiary/aromatic N) is 1. The van der Waals surface area contributed by atoms with Crippen molar-refractivity contribution in [2.24, 2.45) is 0 Å². The van der Waals surface area contributed by atoms with Gasteiger partial charge in [0.25, 0.3) is 0 Å². The van der Waals surface area contributed by atoms with Crippen molar-refractivity contribution in [2.75, 3.05) is 4.90 Å². The van der Waals surface area contributed by atoms with Crippen LogP contribution in [0.15, 0.2) is 140 Å². The largest absolute Gasteiger partial charge is 0.310 e. The van der Waals surface area contributed by atoms with Crippen LogP contribution in [0, 0.1) is 0 Å². The monoisotopic (exact) mass is 571 g/mol. The number of hydrogen-bond acceptors (Lipinski definition) is 2. The summed E-state index contributed by atoms with van der Waals surface area (Å²) in [5, 5.41) is 5.82. The van der Waals surface area contributed by atoms with Crippen molar-refractivity contribution in [3.8, 4) is 0 Å². The predicted molar refractivity (Wildman–Crippen MR) is 183 cm³/mol. The fourth-order valence-corrected chi connectivity index (χ4v) is 12.3. The van der Waals surface area contributed by atoms with Gasteiger partial charge in [-0.2, -0.15) is 0 Å². The molecule has 0 unspecified atom stereocenters. The fourth-order valence-electron chi connectivity index (χ4n) is 7.93. The Balaban J connectivity index is 1.50. The molecular formula is C39H29NSSi. The van der Waals surface area contributed by atoms with Gasteiger partial charge in [-0.3, -0.25) is 0 Å². The molecule has 7 aromatic rings. The lowest BCUT2D eigenvalue weighted by atomic mass is 9.62. The van der Waals surface area contributed by atoms with Crippen molar-refractivity contribution in [3.05, 3.63) is 162 Å². The first-order valence-electron chi connectivity index (χ1n) is 14.7. The molecule has 0 radical (unpaired) electrons. The van der Waals surface area contributed by atoms with E-state index in [9.17, 15) is 0 Å². The molecule has 0 amide bonds. The Labute approximate surface area is 251 Å². The van der Waals surface area contributed by atoms with Crippen molar-refractivity contribution in [1.29, 1.82) is 0 Å². The summed E-state index contributed by atoms with van der Waals surface area (Å²) in [5.41, 5.74) is 8.87. The van der Waals surface area contributed by atoms with E-state index in [1.54, 1.807) is 5.19 Å². The maximum absolute atomic E-state index is 2.58. The van der Waals surface area contributed by atoms with E-state index in [1.807, 2.05) is 11.3 Å². The van der Waals surface area contributed by atoms with Crippen LogP contribution in [0.3, 0.4) is 0 Å². The van der Waals surface area contributed by atoms with Gasteiger partial charge in [0.2, 0.25) is 0 Å². The third-order valence-electron chi connectivity index (χ3n) is 9.71. The number of thiophene rings is 1. The summed E-state index contributed by atoms with van der Waals surface area (Å²) in [6.07, 6.45) is 0. The van der Waals surface area contributed by atoms with Gasteiger partial charge in [0.15, 0.2) is 0 Å². The topological polar surface area (TPSA) is 3.24 Å². The molecule has 2 aliphatic heterocycles. The molecule has 9 rings (SSSR count). The molecular weight excluding hydrogens is 543 g/mol. The first-order chi connectivity index (χ1) is 20.6. The van der Waals surface area contributed by atoms with Crippen molar-refractivity contribution >= 4 is 67.0 Å². The summed E-state index contributed by atoms with van der Waals surface area (Å²) >= 11 is 1.93. The third-order valence-corrected chi connectivity index (χ3v) is 14.4. The number of anilines is 3. The van der Waals surface area contributed by atoms with Gasteiger partial charge < -0.3 is 4.90 Å². The molecule has 0 saturated carbocycles. The van der Waals surface area contributed by atoms with E-state index in [0.717, 1.165) is 0 Å². The van der Waals surface area contributed by atoms with Gasteiger partial charge in [-0.1, -0.05) is 110 Å².